The molecular weight excluding hydrogens is 665 g/mol. The van der Waals surface area contributed by atoms with Crippen molar-refractivity contribution in [3.8, 4) is 20.9 Å². The van der Waals surface area contributed by atoms with E-state index in [2.05, 4.69) is 98.8 Å². The summed E-state index contributed by atoms with van der Waals surface area (Å²) in [7, 11) is 0. The quantitative estimate of drug-likeness (QED) is 0.0909. The number of aryl methyl sites for hydroxylation is 2. The maximum atomic E-state index is 6.87. The van der Waals surface area contributed by atoms with Crippen molar-refractivity contribution in [3.05, 3.63) is 94.7 Å². The van der Waals surface area contributed by atoms with Gasteiger partial charge in [-0.15, -0.1) is 34.0 Å². The van der Waals surface area contributed by atoms with E-state index in [1.165, 1.54) is 162 Å². The fourth-order valence-electron chi connectivity index (χ4n) is 7.83. The van der Waals surface area contributed by atoms with Crippen molar-refractivity contribution in [2.24, 2.45) is 0 Å². The van der Waals surface area contributed by atoms with Crippen LogP contribution in [0.25, 0.3) is 73.8 Å². The average molecular weight is 713 g/mol. The molecule has 0 fully saturated rings. The van der Waals surface area contributed by atoms with Crippen molar-refractivity contribution >= 4 is 86.9 Å². The van der Waals surface area contributed by atoms with E-state index < -0.39 is 0 Å². The van der Waals surface area contributed by atoms with Crippen molar-refractivity contribution in [3.63, 3.8) is 0 Å². The fraction of sp³-hybridized carbons (Fsp3) is 0.348. The Balaban J connectivity index is 1.25. The number of rotatable bonds is 16. The molecule has 4 aromatic carbocycles. The van der Waals surface area contributed by atoms with Crippen LogP contribution in [0.5, 0.6) is 0 Å². The molecule has 1 nitrogen and oxygen atoms in total. The first-order chi connectivity index (χ1) is 24.7. The Morgan fingerprint density at radius 1 is 0.480 bits per heavy atom. The van der Waals surface area contributed by atoms with Crippen LogP contribution in [0.1, 0.15) is 101 Å². The summed E-state index contributed by atoms with van der Waals surface area (Å²) < 4.78 is 9.59. The molecule has 0 aliphatic rings. The molecule has 0 bridgehead atoms. The first-order valence-electron chi connectivity index (χ1n) is 19.1. The topological polar surface area (TPSA) is 13.1 Å². The standard InChI is InChI=1S/C46H48OS3/c1-3-5-7-9-11-13-19-31-25-27-41(48-31)37-30-36-35(45-43(37)33-21-15-17-23-39(33)47-45)29-38(44-34-22-16-18-24-40(34)50-46(36)44)42-28-26-32(49-42)20-14-12-10-8-6-4-2/h15-18,21-30H,3-14,19-20H2,1-2H3. The van der Waals surface area contributed by atoms with E-state index >= 15 is 0 Å². The van der Waals surface area contributed by atoms with Gasteiger partial charge in [0.1, 0.15) is 11.2 Å². The second kappa shape index (κ2) is 15.4. The summed E-state index contributed by atoms with van der Waals surface area (Å²) >= 11 is 5.91. The Morgan fingerprint density at radius 2 is 1.04 bits per heavy atom. The van der Waals surface area contributed by atoms with Crippen LogP contribution in [0, 0.1) is 0 Å². The van der Waals surface area contributed by atoms with Crippen LogP contribution in [-0.2, 0) is 12.8 Å². The van der Waals surface area contributed by atoms with Crippen LogP contribution in [0.2, 0.25) is 0 Å². The van der Waals surface area contributed by atoms with Crippen molar-refractivity contribution < 1.29 is 4.42 Å². The Morgan fingerprint density at radius 3 is 1.72 bits per heavy atom. The van der Waals surface area contributed by atoms with E-state index in [-0.39, 0.29) is 0 Å². The van der Waals surface area contributed by atoms with Gasteiger partial charge < -0.3 is 4.42 Å². The minimum atomic E-state index is 0.968. The number of hydrogen-bond acceptors (Lipinski definition) is 4. The molecule has 0 radical (unpaired) electrons. The average Bonchev–Trinajstić information content (AvgIpc) is 3.96. The van der Waals surface area contributed by atoms with Crippen molar-refractivity contribution in [2.75, 3.05) is 0 Å². The van der Waals surface area contributed by atoms with Gasteiger partial charge in [0.05, 0.1) is 0 Å². The van der Waals surface area contributed by atoms with Crippen molar-refractivity contribution in [1.29, 1.82) is 0 Å². The number of thiophene rings is 3. The number of para-hydroxylation sites is 1. The third-order valence-electron chi connectivity index (χ3n) is 10.5. The molecule has 0 unspecified atom stereocenters. The summed E-state index contributed by atoms with van der Waals surface area (Å²) in [4.78, 5) is 5.71. The second-order valence-electron chi connectivity index (χ2n) is 14.1. The van der Waals surface area contributed by atoms with Gasteiger partial charge in [-0.1, -0.05) is 114 Å². The highest BCUT2D eigenvalue weighted by Gasteiger charge is 2.22. The largest absolute Gasteiger partial charge is 0.455 e. The number of fused-ring (bicyclic) bond motifs is 9. The predicted octanol–water partition coefficient (Wildman–Crippen LogP) is 16.4. The first kappa shape index (κ1) is 33.7. The molecule has 4 heterocycles. The lowest BCUT2D eigenvalue weighted by Crippen LogP contribution is -1.84. The highest BCUT2D eigenvalue weighted by molar-refractivity contribution is 7.27. The molecule has 0 saturated carbocycles. The highest BCUT2D eigenvalue weighted by atomic mass is 32.1. The van der Waals surface area contributed by atoms with E-state index in [1.54, 1.807) is 0 Å². The van der Waals surface area contributed by atoms with Crippen LogP contribution >= 0.6 is 34.0 Å². The third-order valence-corrected chi connectivity index (χ3v) is 14.1. The maximum absolute atomic E-state index is 6.87. The summed E-state index contributed by atoms with van der Waals surface area (Å²) in [6, 6.07) is 32.1. The van der Waals surface area contributed by atoms with Gasteiger partial charge in [-0.25, -0.2) is 0 Å². The Bertz CT molecular complexity index is 2210. The van der Waals surface area contributed by atoms with E-state index in [9.17, 15) is 0 Å². The Hall–Kier alpha value is -3.44. The van der Waals surface area contributed by atoms with Gasteiger partial charge in [-0.3, -0.25) is 0 Å². The van der Waals surface area contributed by atoms with Crippen LogP contribution in [0.15, 0.2) is 89.3 Å². The zero-order valence-corrected chi connectivity index (χ0v) is 32.1. The predicted molar refractivity (Wildman–Crippen MR) is 225 cm³/mol. The molecule has 0 atom stereocenters. The lowest BCUT2D eigenvalue weighted by molar-refractivity contribution is 0.609. The number of hydrogen-bond donors (Lipinski definition) is 0. The lowest BCUT2D eigenvalue weighted by atomic mass is 9.95. The van der Waals surface area contributed by atoms with Gasteiger partial charge in [0.2, 0.25) is 0 Å². The summed E-state index contributed by atoms with van der Waals surface area (Å²) in [6.07, 6.45) is 18.4. The monoisotopic (exact) mass is 712 g/mol. The third kappa shape index (κ3) is 6.67. The number of furan rings is 1. The first-order valence-corrected chi connectivity index (χ1v) is 21.6. The minimum absolute atomic E-state index is 0.968. The second-order valence-corrected chi connectivity index (χ2v) is 17.5. The van der Waals surface area contributed by atoms with Crippen LogP contribution in [0.4, 0.5) is 0 Å². The molecule has 256 valence electrons. The molecule has 50 heavy (non-hydrogen) atoms. The molecule has 4 heteroatoms. The smallest absolute Gasteiger partial charge is 0.143 e. The van der Waals surface area contributed by atoms with Crippen LogP contribution in [-0.4, -0.2) is 0 Å². The molecule has 0 aliphatic carbocycles. The van der Waals surface area contributed by atoms with Gasteiger partial charge in [-0.05, 0) is 74.2 Å². The summed E-state index contributed by atoms with van der Waals surface area (Å²) in [5.41, 5.74) is 4.64. The van der Waals surface area contributed by atoms with E-state index in [0.29, 0.717) is 0 Å². The molecule has 0 saturated heterocycles. The SMILES string of the molecule is CCCCCCCCc1ccc(-c2cc3c(cc(-c4ccc(CCCCCCCC)s4)c4c5ccccc5sc34)c3oc4ccccc4c23)s1. The van der Waals surface area contributed by atoms with Gasteiger partial charge in [0.25, 0.3) is 0 Å². The highest BCUT2D eigenvalue weighted by Crippen LogP contribution is 2.50. The summed E-state index contributed by atoms with van der Waals surface area (Å²) in [6.45, 7) is 4.59. The fourth-order valence-corrected chi connectivity index (χ4v) is 11.2. The molecular formula is C46H48OS3. The van der Waals surface area contributed by atoms with E-state index in [0.717, 1.165) is 11.2 Å². The van der Waals surface area contributed by atoms with Gasteiger partial charge in [0.15, 0.2) is 0 Å². The lowest BCUT2D eigenvalue weighted by Gasteiger charge is -2.10. The molecule has 0 aliphatic heterocycles. The molecule has 0 N–H and O–H groups in total. The molecule has 0 amide bonds. The zero-order chi connectivity index (χ0) is 33.9. The van der Waals surface area contributed by atoms with Gasteiger partial charge >= 0.3 is 0 Å². The number of benzene rings is 4. The Kier molecular flexibility index (Phi) is 10.4. The normalized spacial score (nSPS) is 12.1. The van der Waals surface area contributed by atoms with Crippen LogP contribution < -0.4 is 0 Å². The zero-order valence-electron chi connectivity index (χ0n) is 29.6. The van der Waals surface area contributed by atoms with Crippen molar-refractivity contribution in [2.45, 2.75) is 104 Å². The van der Waals surface area contributed by atoms with E-state index in [1.807, 2.05) is 34.0 Å². The maximum Gasteiger partial charge on any atom is 0.143 e. The Labute approximate surface area is 309 Å². The number of unbranched alkanes of at least 4 members (excludes halogenated alkanes) is 10. The summed E-state index contributed by atoms with van der Waals surface area (Å²) in [5.74, 6) is 0. The van der Waals surface area contributed by atoms with Gasteiger partial charge in [0, 0.05) is 72.4 Å². The molecule has 0 spiro atoms. The molecule has 4 aromatic heterocycles. The summed E-state index contributed by atoms with van der Waals surface area (Å²) in [5, 5.41) is 7.74. The van der Waals surface area contributed by atoms with E-state index in [4.69, 9.17) is 4.42 Å². The minimum Gasteiger partial charge on any atom is -0.455 e. The molecule has 8 rings (SSSR count). The van der Waals surface area contributed by atoms with Crippen molar-refractivity contribution in [1.82, 2.24) is 0 Å². The van der Waals surface area contributed by atoms with Crippen LogP contribution in [0.3, 0.4) is 0 Å². The van der Waals surface area contributed by atoms with Gasteiger partial charge in [-0.2, -0.15) is 0 Å². The molecule has 8 aromatic rings.